The topological polar surface area (TPSA) is 102 Å². The average molecular weight is 522 g/mol. The van der Waals surface area contributed by atoms with Crippen LogP contribution in [-0.4, -0.2) is 38.1 Å². The summed E-state index contributed by atoms with van der Waals surface area (Å²) >= 11 is 0. The number of aliphatic carboxylic acids is 1. The minimum atomic E-state index is -2.99. The predicted octanol–water partition coefficient (Wildman–Crippen LogP) is 5.17. The molecule has 2 atom stereocenters. The summed E-state index contributed by atoms with van der Waals surface area (Å²) in [5, 5.41) is 12.6. The normalized spacial score (nSPS) is 17.8. The standard InChI is InChI=1S/C29H31NO6S/c1-18-13-23(35-11-4-12-37(2,33)34)14-21-17-36-28-20(5-3-6-24(28)27(18)21)16-30-22-9-7-19(8-10-22)25-15-26(25)29(31)32/h3,5-10,13-14,25-26,30H,4,11-12,15-17H2,1-2H3,(H,31,32)/t25-,26+/m1/s1. The maximum Gasteiger partial charge on any atom is 0.307 e. The molecular weight excluding hydrogens is 490 g/mol. The Labute approximate surface area is 217 Å². The van der Waals surface area contributed by atoms with Crippen molar-refractivity contribution >= 4 is 21.5 Å². The Balaban J connectivity index is 1.27. The molecule has 0 bridgehead atoms. The van der Waals surface area contributed by atoms with E-state index in [1.807, 2.05) is 42.5 Å². The van der Waals surface area contributed by atoms with E-state index in [4.69, 9.17) is 14.6 Å². The first-order valence-electron chi connectivity index (χ1n) is 12.5. The Morgan fingerprint density at radius 2 is 1.95 bits per heavy atom. The van der Waals surface area contributed by atoms with Crippen LogP contribution in [0.3, 0.4) is 0 Å². The first-order chi connectivity index (χ1) is 17.7. The van der Waals surface area contributed by atoms with E-state index in [-0.39, 0.29) is 17.6 Å². The molecule has 0 saturated heterocycles. The Bertz CT molecular complexity index is 1430. The minimum absolute atomic E-state index is 0.111. The highest BCUT2D eigenvalue weighted by atomic mass is 32.2. The Kier molecular flexibility index (Phi) is 6.86. The molecule has 1 heterocycles. The molecular formula is C29H31NO6S. The average Bonchev–Trinajstić information content (AvgIpc) is 3.66. The molecule has 7 nitrogen and oxygen atoms in total. The van der Waals surface area contributed by atoms with Crippen LogP contribution in [-0.2, 0) is 27.8 Å². The molecule has 3 aromatic carbocycles. The van der Waals surface area contributed by atoms with Gasteiger partial charge < -0.3 is 19.9 Å². The van der Waals surface area contributed by atoms with Crippen molar-refractivity contribution in [1.29, 1.82) is 0 Å². The molecule has 194 valence electrons. The van der Waals surface area contributed by atoms with Gasteiger partial charge in [0, 0.05) is 35.2 Å². The van der Waals surface area contributed by atoms with Crippen LogP contribution in [0.2, 0.25) is 0 Å². The van der Waals surface area contributed by atoms with E-state index in [0.29, 0.717) is 32.6 Å². The molecule has 3 aromatic rings. The highest BCUT2D eigenvalue weighted by Crippen LogP contribution is 2.48. The number of ether oxygens (including phenoxy) is 2. The third-order valence-electron chi connectivity index (χ3n) is 6.99. The first kappa shape index (κ1) is 25.1. The molecule has 0 amide bonds. The van der Waals surface area contributed by atoms with E-state index in [0.717, 1.165) is 50.6 Å². The molecule has 8 heteroatoms. The van der Waals surface area contributed by atoms with Crippen molar-refractivity contribution in [2.75, 3.05) is 23.9 Å². The van der Waals surface area contributed by atoms with Crippen molar-refractivity contribution in [2.45, 2.75) is 38.8 Å². The summed E-state index contributed by atoms with van der Waals surface area (Å²) in [4.78, 5) is 11.1. The highest BCUT2D eigenvalue weighted by Gasteiger charge is 2.44. The van der Waals surface area contributed by atoms with Crippen LogP contribution >= 0.6 is 0 Å². The van der Waals surface area contributed by atoms with E-state index in [9.17, 15) is 13.2 Å². The van der Waals surface area contributed by atoms with E-state index < -0.39 is 15.8 Å². The number of hydrogen-bond acceptors (Lipinski definition) is 6. The Morgan fingerprint density at radius 3 is 2.65 bits per heavy atom. The number of nitrogens with one attached hydrogen (secondary N) is 1. The summed E-state index contributed by atoms with van der Waals surface area (Å²) < 4.78 is 34.7. The zero-order chi connectivity index (χ0) is 26.2. The second-order valence-corrected chi connectivity index (χ2v) is 12.2. The molecule has 1 aliphatic carbocycles. The second kappa shape index (κ2) is 10.1. The van der Waals surface area contributed by atoms with Crippen LogP contribution < -0.4 is 14.8 Å². The van der Waals surface area contributed by atoms with Crippen molar-refractivity contribution in [3.63, 3.8) is 0 Å². The second-order valence-electron chi connectivity index (χ2n) is 9.95. The summed E-state index contributed by atoms with van der Waals surface area (Å²) in [6, 6.07) is 18.1. The van der Waals surface area contributed by atoms with Gasteiger partial charge in [-0.2, -0.15) is 0 Å². The molecule has 5 rings (SSSR count). The molecule has 0 unspecified atom stereocenters. The highest BCUT2D eigenvalue weighted by molar-refractivity contribution is 7.90. The van der Waals surface area contributed by atoms with Gasteiger partial charge in [0.25, 0.3) is 0 Å². The lowest BCUT2D eigenvalue weighted by Gasteiger charge is -2.25. The molecule has 2 aliphatic rings. The zero-order valence-electron chi connectivity index (χ0n) is 21.0. The lowest BCUT2D eigenvalue weighted by Crippen LogP contribution is -2.12. The van der Waals surface area contributed by atoms with Gasteiger partial charge >= 0.3 is 5.97 Å². The van der Waals surface area contributed by atoms with Gasteiger partial charge in [-0.3, -0.25) is 4.79 Å². The van der Waals surface area contributed by atoms with Gasteiger partial charge in [-0.25, -0.2) is 8.42 Å². The lowest BCUT2D eigenvalue weighted by atomic mass is 9.91. The molecule has 0 aromatic heterocycles. The van der Waals surface area contributed by atoms with E-state index in [2.05, 4.69) is 24.4 Å². The largest absolute Gasteiger partial charge is 0.494 e. The van der Waals surface area contributed by atoms with Gasteiger partial charge in [0.05, 0.1) is 18.3 Å². The SMILES string of the molecule is Cc1cc(OCCCS(C)(=O)=O)cc2c1-c1cccc(CNc3ccc([C@H]4C[C@@H]4C(=O)O)cc3)c1OC2. The number of anilines is 1. The fourth-order valence-corrected chi connectivity index (χ4v) is 5.68. The van der Waals surface area contributed by atoms with Gasteiger partial charge in [0.2, 0.25) is 0 Å². The third kappa shape index (κ3) is 5.74. The zero-order valence-corrected chi connectivity index (χ0v) is 21.8. The van der Waals surface area contributed by atoms with Crippen LogP contribution in [0.15, 0.2) is 54.6 Å². The Hall–Kier alpha value is -3.52. The summed E-state index contributed by atoms with van der Waals surface area (Å²) in [6.45, 7) is 3.43. The van der Waals surface area contributed by atoms with Crippen molar-refractivity contribution in [3.05, 3.63) is 76.9 Å². The quantitative estimate of drug-likeness (QED) is 0.355. The third-order valence-corrected chi connectivity index (χ3v) is 8.02. The summed E-state index contributed by atoms with van der Waals surface area (Å²) in [6.07, 6.45) is 2.40. The van der Waals surface area contributed by atoms with E-state index in [1.54, 1.807) is 0 Å². The van der Waals surface area contributed by atoms with E-state index in [1.165, 1.54) is 6.26 Å². The lowest BCUT2D eigenvalue weighted by molar-refractivity contribution is -0.138. The number of benzene rings is 3. The number of para-hydroxylation sites is 1. The summed E-state index contributed by atoms with van der Waals surface area (Å²) in [5.74, 6) is 0.861. The molecule has 37 heavy (non-hydrogen) atoms. The summed E-state index contributed by atoms with van der Waals surface area (Å²) in [5.41, 5.74) is 7.43. The van der Waals surface area contributed by atoms with Crippen LogP contribution in [0.25, 0.3) is 11.1 Å². The van der Waals surface area contributed by atoms with Crippen molar-refractivity contribution in [1.82, 2.24) is 0 Å². The maximum absolute atomic E-state index is 11.3. The first-order valence-corrected chi connectivity index (χ1v) is 14.5. The van der Waals surface area contributed by atoms with Crippen molar-refractivity contribution < 1.29 is 27.8 Å². The number of hydrogen-bond donors (Lipinski definition) is 2. The molecule has 0 spiro atoms. The van der Waals surface area contributed by atoms with Gasteiger partial charge in [-0.05, 0) is 66.6 Å². The number of fused-ring (bicyclic) bond motifs is 3. The van der Waals surface area contributed by atoms with Gasteiger partial charge in [-0.1, -0.05) is 30.3 Å². The minimum Gasteiger partial charge on any atom is -0.494 e. The van der Waals surface area contributed by atoms with Gasteiger partial charge in [0.15, 0.2) is 0 Å². The smallest absolute Gasteiger partial charge is 0.307 e. The Morgan fingerprint density at radius 1 is 1.16 bits per heavy atom. The monoisotopic (exact) mass is 521 g/mol. The maximum atomic E-state index is 11.3. The fraction of sp³-hybridized carbons (Fsp3) is 0.345. The van der Waals surface area contributed by atoms with Crippen molar-refractivity contribution in [2.24, 2.45) is 5.92 Å². The number of carboxylic acids is 1. The van der Waals surface area contributed by atoms with Gasteiger partial charge in [-0.15, -0.1) is 0 Å². The van der Waals surface area contributed by atoms with Crippen LogP contribution in [0, 0.1) is 12.8 Å². The van der Waals surface area contributed by atoms with Crippen LogP contribution in [0.5, 0.6) is 11.5 Å². The van der Waals surface area contributed by atoms with Crippen LogP contribution in [0.1, 0.15) is 41.0 Å². The molecule has 0 radical (unpaired) electrons. The molecule has 1 saturated carbocycles. The predicted molar refractivity (Wildman–Crippen MR) is 143 cm³/mol. The van der Waals surface area contributed by atoms with Crippen LogP contribution in [0.4, 0.5) is 5.69 Å². The van der Waals surface area contributed by atoms with E-state index >= 15 is 0 Å². The molecule has 1 fully saturated rings. The fourth-order valence-electron chi connectivity index (χ4n) is 5.04. The van der Waals surface area contributed by atoms with Gasteiger partial charge in [0.1, 0.15) is 27.9 Å². The number of carboxylic acid groups (broad SMARTS) is 1. The number of carbonyl (C=O) groups is 1. The number of rotatable bonds is 10. The molecule has 2 N–H and O–H groups in total. The summed E-state index contributed by atoms with van der Waals surface area (Å²) in [7, 11) is -2.99. The van der Waals surface area contributed by atoms with Crippen molar-refractivity contribution in [3.8, 4) is 22.6 Å². The number of aryl methyl sites for hydroxylation is 1. The number of sulfone groups is 1. The molecule has 1 aliphatic heterocycles.